The Balaban J connectivity index is 1.70. The number of halogens is 1. The molecule has 0 aliphatic carbocycles. The van der Waals surface area contributed by atoms with E-state index < -0.39 is 21.9 Å². The Bertz CT molecular complexity index is 1320. The van der Waals surface area contributed by atoms with Gasteiger partial charge in [0.1, 0.15) is 18.2 Å². The molecule has 0 saturated carbocycles. The highest BCUT2D eigenvalue weighted by Crippen LogP contribution is 2.37. The Morgan fingerprint density at radius 3 is 2.58 bits per heavy atom. The predicted molar refractivity (Wildman–Crippen MR) is 122 cm³/mol. The first kappa shape index (κ1) is 22.8. The number of sulfonamides is 1. The third-order valence-electron chi connectivity index (χ3n) is 5.70. The maximum Gasteiger partial charge on any atom is 0.308 e. The molecular formula is C25H24FNO5S. The molecule has 3 aromatic carbocycles. The standard InChI is InChI=1S/C25H24FNO5S/c1-16-4-3-5-22(11-16)33(30,31)27-14-19(25(28)29)12-18-7-8-21(13-24(18)27)32-15-20-10-17(2)6-9-23(20)26/h3-11,13,19H,12,14-15H2,1-2H3,(H,28,29). The fraction of sp³-hybridized carbons (Fsp3) is 0.240. The molecule has 3 aromatic rings. The van der Waals surface area contributed by atoms with Crippen LogP contribution >= 0.6 is 0 Å². The van der Waals surface area contributed by atoms with E-state index in [1.54, 1.807) is 55.5 Å². The predicted octanol–water partition coefficient (Wildman–Crippen LogP) is 4.47. The average molecular weight is 470 g/mol. The van der Waals surface area contributed by atoms with Gasteiger partial charge in [-0.05, 0) is 61.7 Å². The van der Waals surface area contributed by atoms with Gasteiger partial charge in [-0.1, -0.05) is 29.8 Å². The summed E-state index contributed by atoms with van der Waals surface area (Å²) in [7, 11) is -4.01. The highest BCUT2D eigenvalue weighted by molar-refractivity contribution is 7.92. The van der Waals surface area contributed by atoms with Gasteiger partial charge in [-0.3, -0.25) is 9.10 Å². The van der Waals surface area contributed by atoms with Gasteiger partial charge in [0.15, 0.2) is 0 Å². The second-order valence-electron chi connectivity index (χ2n) is 8.27. The van der Waals surface area contributed by atoms with Crippen LogP contribution in [-0.2, 0) is 27.8 Å². The molecule has 0 spiro atoms. The number of anilines is 1. The van der Waals surface area contributed by atoms with Crippen LogP contribution in [-0.4, -0.2) is 26.0 Å². The number of ether oxygens (including phenoxy) is 1. The lowest BCUT2D eigenvalue weighted by atomic mass is 9.94. The first-order chi connectivity index (χ1) is 15.6. The van der Waals surface area contributed by atoms with Gasteiger partial charge in [0, 0.05) is 18.2 Å². The van der Waals surface area contributed by atoms with Gasteiger partial charge in [-0.2, -0.15) is 0 Å². The summed E-state index contributed by atoms with van der Waals surface area (Å²) in [6, 6.07) is 16.1. The number of aliphatic carboxylic acids is 1. The highest BCUT2D eigenvalue weighted by Gasteiger charge is 2.36. The van der Waals surface area contributed by atoms with E-state index in [1.165, 1.54) is 12.1 Å². The highest BCUT2D eigenvalue weighted by atomic mass is 32.2. The number of carbonyl (C=O) groups is 1. The molecule has 0 bridgehead atoms. The van der Waals surface area contributed by atoms with Crippen molar-refractivity contribution in [1.82, 2.24) is 0 Å². The number of fused-ring (bicyclic) bond motifs is 1. The molecule has 1 unspecified atom stereocenters. The van der Waals surface area contributed by atoms with Crippen molar-refractivity contribution in [2.45, 2.75) is 31.8 Å². The number of hydrogen-bond donors (Lipinski definition) is 1. The van der Waals surface area contributed by atoms with Crippen LogP contribution in [0.15, 0.2) is 65.6 Å². The summed E-state index contributed by atoms with van der Waals surface area (Å²) in [5, 5.41) is 9.59. The number of nitrogens with zero attached hydrogens (tertiary/aromatic N) is 1. The lowest BCUT2D eigenvalue weighted by Gasteiger charge is -2.34. The molecule has 6 nitrogen and oxygen atoms in total. The lowest BCUT2D eigenvalue weighted by molar-refractivity contribution is -0.141. The van der Waals surface area contributed by atoms with Gasteiger partial charge >= 0.3 is 5.97 Å². The van der Waals surface area contributed by atoms with Crippen LogP contribution in [0.1, 0.15) is 22.3 Å². The Morgan fingerprint density at radius 1 is 1.09 bits per heavy atom. The van der Waals surface area contributed by atoms with E-state index in [4.69, 9.17) is 4.74 Å². The first-order valence-electron chi connectivity index (χ1n) is 10.5. The molecule has 0 saturated heterocycles. The lowest BCUT2D eigenvalue weighted by Crippen LogP contribution is -2.42. The van der Waals surface area contributed by atoms with E-state index in [-0.39, 0.29) is 30.3 Å². The fourth-order valence-electron chi connectivity index (χ4n) is 3.94. The van der Waals surface area contributed by atoms with Gasteiger partial charge in [0.25, 0.3) is 10.0 Å². The van der Waals surface area contributed by atoms with Crippen molar-refractivity contribution >= 4 is 21.7 Å². The minimum Gasteiger partial charge on any atom is -0.489 e. The zero-order valence-corrected chi connectivity index (χ0v) is 19.1. The van der Waals surface area contributed by atoms with Gasteiger partial charge in [-0.15, -0.1) is 0 Å². The smallest absolute Gasteiger partial charge is 0.308 e. The van der Waals surface area contributed by atoms with Crippen molar-refractivity contribution in [3.63, 3.8) is 0 Å². The second-order valence-corrected chi connectivity index (χ2v) is 10.1. The number of rotatable bonds is 6. The summed E-state index contributed by atoms with van der Waals surface area (Å²) in [5.74, 6) is -1.94. The number of carboxylic acid groups (broad SMARTS) is 1. The molecule has 1 heterocycles. The average Bonchev–Trinajstić information content (AvgIpc) is 2.78. The van der Waals surface area contributed by atoms with Crippen LogP contribution in [0.2, 0.25) is 0 Å². The van der Waals surface area contributed by atoms with Crippen molar-refractivity contribution in [2.24, 2.45) is 5.92 Å². The van der Waals surface area contributed by atoms with E-state index in [1.807, 2.05) is 6.92 Å². The van der Waals surface area contributed by atoms with Crippen molar-refractivity contribution in [3.8, 4) is 5.75 Å². The monoisotopic (exact) mass is 469 g/mol. The van der Waals surface area contributed by atoms with Crippen molar-refractivity contribution in [3.05, 3.63) is 88.7 Å². The quantitative estimate of drug-likeness (QED) is 0.576. The molecule has 172 valence electrons. The summed E-state index contributed by atoms with van der Waals surface area (Å²) >= 11 is 0. The molecule has 4 rings (SSSR count). The van der Waals surface area contributed by atoms with Crippen LogP contribution in [0, 0.1) is 25.6 Å². The maximum absolute atomic E-state index is 14.1. The largest absolute Gasteiger partial charge is 0.489 e. The van der Waals surface area contributed by atoms with Crippen LogP contribution in [0.25, 0.3) is 0 Å². The van der Waals surface area contributed by atoms with Crippen molar-refractivity contribution in [2.75, 3.05) is 10.8 Å². The summed E-state index contributed by atoms with van der Waals surface area (Å²) < 4.78 is 48.0. The topological polar surface area (TPSA) is 83.9 Å². The van der Waals surface area contributed by atoms with Crippen LogP contribution in [0.5, 0.6) is 5.75 Å². The Hall–Kier alpha value is -3.39. The molecule has 1 aliphatic heterocycles. The molecular weight excluding hydrogens is 445 g/mol. The molecule has 1 atom stereocenters. The Labute approximate surface area is 192 Å². The third kappa shape index (κ3) is 4.71. The number of benzene rings is 3. The summed E-state index contributed by atoms with van der Waals surface area (Å²) in [6.45, 7) is 3.44. The third-order valence-corrected chi connectivity index (χ3v) is 7.48. The van der Waals surface area contributed by atoms with Crippen LogP contribution in [0.3, 0.4) is 0 Å². The van der Waals surface area contributed by atoms with E-state index >= 15 is 0 Å². The number of hydrogen-bond acceptors (Lipinski definition) is 4. The van der Waals surface area contributed by atoms with Crippen LogP contribution < -0.4 is 9.04 Å². The molecule has 8 heteroatoms. The van der Waals surface area contributed by atoms with Gasteiger partial charge in [0.2, 0.25) is 0 Å². The summed E-state index contributed by atoms with van der Waals surface area (Å²) in [5.41, 5.74) is 3.04. The zero-order chi connectivity index (χ0) is 23.8. The SMILES string of the molecule is Cc1cccc(S(=O)(=O)N2CC(C(=O)O)Cc3ccc(OCc4cc(C)ccc4F)cc32)c1. The molecule has 0 aromatic heterocycles. The van der Waals surface area contributed by atoms with E-state index in [0.29, 0.717) is 22.6 Å². The Morgan fingerprint density at radius 2 is 1.85 bits per heavy atom. The second kappa shape index (κ2) is 8.86. The normalized spacial score (nSPS) is 15.7. The number of aryl methyl sites for hydroxylation is 2. The maximum atomic E-state index is 14.1. The molecule has 1 N–H and O–H groups in total. The van der Waals surface area contributed by atoms with Gasteiger partial charge < -0.3 is 9.84 Å². The first-order valence-corrected chi connectivity index (χ1v) is 11.9. The van der Waals surface area contributed by atoms with Crippen LogP contribution in [0.4, 0.5) is 10.1 Å². The molecule has 33 heavy (non-hydrogen) atoms. The Kier molecular flexibility index (Phi) is 6.12. The molecule has 0 amide bonds. The van der Waals surface area contributed by atoms with E-state index in [9.17, 15) is 22.7 Å². The van der Waals surface area contributed by atoms with E-state index in [0.717, 1.165) is 15.4 Å². The minimum absolute atomic E-state index is 0.0192. The summed E-state index contributed by atoms with van der Waals surface area (Å²) in [4.78, 5) is 11.8. The zero-order valence-electron chi connectivity index (χ0n) is 18.3. The minimum atomic E-state index is -4.01. The fourth-order valence-corrected chi connectivity index (χ4v) is 5.58. The van der Waals surface area contributed by atoms with Gasteiger partial charge in [-0.25, -0.2) is 12.8 Å². The molecule has 0 radical (unpaired) electrons. The van der Waals surface area contributed by atoms with Crippen molar-refractivity contribution < 1.29 is 27.4 Å². The molecule has 0 fully saturated rings. The van der Waals surface area contributed by atoms with Crippen molar-refractivity contribution in [1.29, 1.82) is 0 Å². The summed E-state index contributed by atoms with van der Waals surface area (Å²) in [6.07, 6.45) is 0.206. The van der Waals surface area contributed by atoms with Gasteiger partial charge in [0.05, 0.1) is 16.5 Å². The molecule has 1 aliphatic rings. The van der Waals surface area contributed by atoms with E-state index in [2.05, 4.69) is 0 Å². The number of carboxylic acids is 1.